The predicted molar refractivity (Wildman–Crippen MR) is 74.5 cm³/mol. The zero-order valence-corrected chi connectivity index (χ0v) is 12.1. The molecule has 5 nitrogen and oxygen atoms in total. The van der Waals surface area contributed by atoms with E-state index >= 15 is 0 Å². The molecule has 0 unspecified atom stereocenters. The molecule has 1 amide bonds. The lowest BCUT2D eigenvalue weighted by Gasteiger charge is -2.18. The fourth-order valence-electron chi connectivity index (χ4n) is 2.06. The molecule has 1 aliphatic heterocycles. The number of benzene rings is 1. The van der Waals surface area contributed by atoms with E-state index in [4.69, 9.17) is 9.47 Å². The molecule has 108 valence electrons. The van der Waals surface area contributed by atoms with Crippen LogP contribution < -0.4 is 10.1 Å². The lowest BCUT2D eigenvalue weighted by molar-refractivity contribution is -0.155. The first-order valence-corrected chi connectivity index (χ1v) is 6.48. The number of anilines is 1. The first-order chi connectivity index (χ1) is 9.30. The number of carbonyl (C=O) groups excluding carboxylic acids is 2. The second-order valence-corrected chi connectivity index (χ2v) is 6.05. The third kappa shape index (κ3) is 3.10. The number of hydrogen-bond donors (Lipinski definition) is 1. The van der Waals surface area contributed by atoms with Crippen molar-refractivity contribution in [2.45, 2.75) is 33.3 Å². The zero-order valence-electron chi connectivity index (χ0n) is 12.1. The van der Waals surface area contributed by atoms with Crippen LogP contribution in [0, 0.1) is 5.41 Å². The first kappa shape index (κ1) is 14.4. The van der Waals surface area contributed by atoms with E-state index in [0.29, 0.717) is 17.0 Å². The van der Waals surface area contributed by atoms with Crippen LogP contribution >= 0.6 is 0 Å². The molecule has 0 aliphatic carbocycles. The van der Waals surface area contributed by atoms with E-state index in [0.717, 1.165) is 0 Å². The Bertz CT molecular complexity index is 545. The summed E-state index contributed by atoms with van der Waals surface area (Å²) in [6, 6.07) is 5.19. The van der Waals surface area contributed by atoms with Gasteiger partial charge in [-0.2, -0.15) is 0 Å². The summed E-state index contributed by atoms with van der Waals surface area (Å²) in [6.07, 6.45) is -0.604. The van der Waals surface area contributed by atoms with E-state index < -0.39 is 6.10 Å². The van der Waals surface area contributed by atoms with E-state index in [1.165, 1.54) is 0 Å². The number of rotatable bonds is 3. The van der Waals surface area contributed by atoms with Gasteiger partial charge in [-0.25, -0.2) is 0 Å². The van der Waals surface area contributed by atoms with E-state index in [2.05, 4.69) is 5.32 Å². The Balaban J connectivity index is 2.15. The molecule has 20 heavy (non-hydrogen) atoms. The summed E-state index contributed by atoms with van der Waals surface area (Å²) < 4.78 is 10.4. The zero-order chi connectivity index (χ0) is 14.9. The minimum atomic E-state index is -0.870. The SMILES string of the molecule is COc1ccc2c(c1)NC(=O)[C@H]2OC(=O)CC(C)(C)C. The Morgan fingerprint density at radius 2 is 2.05 bits per heavy atom. The third-order valence-corrected chi connectivity index (χ3v) is 2.96. The summed E-state index contributed by atoms with van der Waals surface area (Å²) in [5, 5.41) is 2.69. The molecular formula is C15H19NO4. The van der Waals surface area contributed by atoms with Crippen molar-refractivity contribution in [2.24, 2.45) is 5.41 Å². The average Bonchev–Trinajstić information content (AvgIpc) is 2.62. The van der Waals surface area contributed by atoms with Crippen LogP contribution in [0.3, 0.4) is 0 Å². The minimum absolute atomic E-state index is 0.172. The first-order valence-electron chi connectivity index (χ1n) is 6.48. The molecular weight excluding hydrogens is 258 g/mol. The molecule has 1 aromatic carbocycles. The maximum atomic E-state index is 11.9. The van der Waals surface area contributed by atoms with E-state index in [1.54, 1.807) is 25.3 Å². The summed E-state index contributed by atoms with van der Waals surface area (Å²) in [6.45, 7) is 5.84. The molecule has 0 spiro atoms. The van der Waals surface area contributed by atoms with Crippen molar-refractivity contribution >= 4 is 17.6 Å². The summed E-state index contributed by atoms with van der Waals surface area (Å²) >= 11 is 0. The van der Waals surface area contributed by atoms with Gasteiger partial charge in [0.2, 0.25) is 6.10 Å². The number of ether oxygens (including phenoxy) is 2. The van der Waals surface area contributed by atoms with Crippen LogP contribution in [-0.2, 0) is 14.3 Å². The smallest absolute Gasteiger partial charge is 0.307 e. The summed E-state index contributed by atoms with van der Waals surface area (Å²) in [5.41, 5.74) is 1.12. The molecule has 1 heterocycles. The van der Waals surface area contributed by atoms with E-state index in [9.17, 15) is 9.59 Å². The molecule has 0 bridgehead atoms. The Hall–Kier alpha value is -2.04. The summed E-state index contributed by atoms with van der Waals surface area (Å²) in [4.78, 5) is 23.8. The van der Waals surface area contributed by atoms with Gasteiger partial charge in [0.15, 0.2) is 0 Å². The molecule has 5 heteroatoms. The van der Waals surface area contributed by atoms with Gasteiger partial charge in [-0.1, -0.05) is 20.8 Å². The van der Waals surface area contributed by atoms with Gasteiger partial charge in [-0.15, -0.1) is 0 Å². The van der Waals surface area contributed by atoms with Gasteiger partial charge >= 0.3 is 5.97 Å². The molecule has 1 aliphatic rings. The number of hydrogen-bond acceptors (Lipinski definition) is 4. The summed E-state index contributed by atoms with van der Waals surface area (Å²) in [7, 11) is 1.55. The molecule has 0 saturated carbocycles. The topological polar surface area (TPSA) is 64.6 Å². The molecule has 0 fully saturated rings. The van der Waals surface area contributed by atoms with Crippen LogP contribution in [0.1, 0.15) is 38.9 Å². The quantitative estimate of drug-likeness (QED) is 0.863. The van der Waals surface area contributed by atoms with Gasteiger partial charge in [0.05, 0.1) is 19.2 Å². The monoisotopic (exact) mass is 277 g/mol. The fraction of sp³-hybridized carbons (Fsp3) is 0.467. The molecule has 1 N–H and O–H groups in total. The Kier molecular flexibility index (Phi) is 3.70. The van der Waals surface area contributed by atoms with Crippen molar-refractivity contribution in [3.8, 4) is 5.75 Å². The highest BCUT2D eigenvalue weighted by Gasteiger charge is 2.34. The van der Waals surface area contributed by atoms with Gasteiger partial charge < -0.3 is 14.8 Å². The number of carbonyl (C=O) groups is 2. The predicted octanol–water partition coefficient (Wildman–Crippen LogP) is 2.67. The van der Waals surface area contributed by atoms with Crippen LogP contribution in [0.5, 0.6) is 5.75 Å². The third-order valence-electron chi connectivity index (χ3n) is 2.96. The van der Waals surface area contributed by atoms with Gasteiger partial charge in [-0.05, 0) is 17.5 Å². The van der Waals surface area contributed by atoms with Crippen molar-refractivity contribution < 1.29 is 19.1 Å². The van der Waals surface area contributed by atoms with Crippen molar-refractivity contribution in [3.05, 3.63) is 23.8 Å². The van der Waals surface area contributed by atoms with Crippen molar-refractivity contribution in [2.75, 3.05) is 12.4 Å². The molecule has 0 aromatic heterocycles. The van der Waals surface area contributed by atoms with Crippen molar-refractivity contribution in [3.63, 3.8) is 0 Å². The summed E-state index contributed by atoms with van der Waals surface area (Å²) in [5.74, 6) is -0.0532. The van der Waals surface area contributed by atoms with E-state index in [1.807, 2.05) is 20.8 Å². The minimum Gasteiger partial charge on any atom is -0.497 e. The van der Waals surface area contributed by atoms with Crippen LogP contribution in [0.4, 0.5) is 5.69 Å². The second-order valence-electron chi connectivity index (χ2n) is 6.05. The Morgan fingerprint density at radius 3 is 2.65 bits per heavy atom. The molecule has 0 radical (unpaired) electrons. The number of amides is 1. The fourth-order valence-corrected chi connectivity index (χ4v) is 2.06. The molecule has 1 aromatic rings. The number of nitrogens with one attached hydrogen (secondary N) is 1. The molecule has 1 atom stereocenters. The standard InChI is InChI=1S/C15H19NO4/c1-15(2,3)8-12(17)20-13-10-6-5-9(19-4)7-11(10)16-14(13)18/h5-7,13H,8H2,1-4H3,(H,16,18)/t13-/m0/s1. The largest absolute Gasteiger partial charge is 0.497 e. The van der Waals surface area contributed by atoms with Crippen LogP contribution in [0.2, 0.25) is 0 Å². The van der Waals surface area contributed by atoms with Gasteiger partial charge in [-0.3, -0.25) is 9.59 Å². The lowest BCUT2D eigenvalue weighted by Crippen LogP contribution is -2.22. The number of methoxy groups -OCH3 is 1. The lowest BCUT2D eigenvalue weighted by atomic mass is 9.92. The van der Waals surface area contributed by atoms with Crippen molar-refractivity contribution in [1.29, 1.82) is 0 Å². The van der Waals surface area contributed by atoms with E-state index in [-0.39, 0.29) is 23.7 Å². The highest BCUT2D eigenvalue weighted by atomic mass is 16.5. The highest BCUT2D eigenvalue weighted by molar-refractivity contribution is 6.03. The van der Waals surface area contributed by atoms with Crippen LogP contribution in [0.25, 0.3) is 0 Å². The average molecular weight is 277 g/mol. The maximum absolute atomic E-state index is 11.9. The number of fused-ring (bicyclic) bond motifs is 1. The van der Waals surface area contributed by atoms with Gasteiger partial charge in [0.25, 0.3) is 5.91 Å². The van der Waals surface area contributed by atoms with Gasteiger partial charge in [0.1, 0.15) is 5.75 Å². The second kappa shape index (κ2) is 5.15. The van der Waals surface area contributed by atoms with Crippen LogP contribution in [-0.4, -0.2) is 19.0 Å². The molecule has 0 saturated heterocycles. The van der Waals surface area contributed by atoms with Crippen molar-refractivity contribution in [1.82, 2.24) is 0 Å². The molecule has 2 rings (SSSR count). The highest BCUT2D eigenvalue weighted by Crippen LogP contribution is 2.36. The van der Waals surface area contributed by atoms with Gasteiger partial charge in [0, 0.05) is 11.6 Å². The Labute approximate surface area is 118 Å². The maximum Gasteiger partial charge on any atom is 0.307 e. The Morgan fingerprint density at radius 1 is 1.35 bits per heavy atom. The normalized spacial score (nSPS) is 17.4. The van der Waals surface area contributed by atoms with Crippen LogP contribution in [0.15, 0.2) is 18.2 Å². The number of esters is 1.